The zero-order valence-electron chi connectivity index (χ0n) is 16.1. The second-order valence-corrected chi connectivity index (χ2v) is 6.32. The van der Waals surface area contributed by atoms with Crippen molar-refractivity contribution in [2.24, 2.45) is 0 Å². The molecular formula is C21H24N2O5. The van der Waals surface area contributed by atoms with E-state index in [0.717, 1.165) is 11.1 Å². The first-order chi connectivity index (χ1) is 13.3. The number of carboxylic acid groups (broad SMARTS) is 1. The SMILES string of the molecule is CCOc1ccc(C(=O)NCC(=O)NC(C(=O)O)c2ccc(C)c(C)c2)cc1. The number of rotatable bonds is 8. The molecule has 0 saturated heterocycles. The summed E-state index contributed by atoms with van der Waals surface area (Å²) in [4.78, 5) is 35.9. The number of carboxylic acids is 1. The summed E-state index contributed by atoms with van der Waals surface area (Å²) in [5.74, 6) is -1.55. The Morgan fingerprint density at radius 3 is 2.29 bits per heavy atom. The molecule has 7 nitrogen and oxygen atoms in total. The summed E-state index contributed by atoms with van der Waals surface area (Å²) >= 11 is 0. The molecule has 0 aliphatic carbocycles. The van der Waals surface area contributed by atoms with Crippen LogP contribution in [0.3, 0.4) is 0 Å². The third-order valence-electron chi connectivity index (χ3n) is 4.25. The summed E-state index contributed by atoms with van der Waals surface area (Å²) in [6.07, 6.45) is 0. The number of carbonyl (C=O) groups is 3. The van der Waals surface area contributed by atoms with Gasteiger partial charge in [-0.1, -0.05) is 18.2 Å². The van der Waals surface area contributed by atoms with Crippen molar-refractivity contribution < 1.29 is 24.2 Å². The number of carbonyl (C=O) groups excluding carboxylic acids is 2. The number of aryl methyl sites for hydroxylation is 2. The normalized spacial score (nSPS) is 11.4. The van der Waals surface area contributed by atoms with Gasteiger partial charge in [0.2, 0.25) is 5.91 Å². The van der Waals surface area contributed by atoms with E-state index in [9.17, 15) is 19.5 Å². The first kappa shape index (κ1) is 21.0. The molecule has 2 aromatic carbocycles. The molecule has 0 fully saturated rings. The largest absolute Gasteiger partial charge is 0.494 e. The molecule has 148 valence electrons. The highest BCUT2D eigenvalue weighted by molar-refractivity contribution is 5.97. The van der Waals surface area contributed by atoms with Gasteiger partial charge in [0.15, 0.2) is 6.04 Å². The second kappa shape index (κ2) is 9.55. The molecular weight excluding hydrogens is 360 g/mol. The van der Waals surface area contributed by atoms with Gasteiger partial charge in [-0.15, -0.1) is 0 Å². The molecule has 0 aliphatic heterocycles. The number of hydrogen-bond donors (Lipinski definition) is 3. The van der Waals surface area contributed by atoms with Crippen molar-refractivity contribution in [1.82, 2.24) is 10.6 Å². The average Bonchev–Trinajstić information content (AvgIpc) is 2.67. The predicted molar refractivity (Wildman–Crippen MR) is 104 cm³/mol. The zero-order chi connectivity index (χ0) is 20.7. The molecule has 2 rings (SSSR count). The van der Waals surface area contributed by atoms with Crippen LogP contribution >= 0.6 is 0 Å². The molecule has 0 aliphatic rings. The van der Waals surface area contributed by atoms with Crippen LogP contribution in [0.2, 0.25) is 0 Å². The van der Waals surface area contributed by atoms with Crippen LogP contribution in [0.25, 0.3) is 0 Å². The van der Waals surface area contributed by atoms with Crippen molar-refractivity contribution in [3.8, 4) is 5.75 Å². The fourth-order valence-corrected chi connectivity index (χ4v) is 2.58. The van der Waals surface area contributed by atoms with Crippen LogP contribution in [0.4, 0.5) is 0 Å². The van der Waals surface area contributed by atoms with Crippen LogP contribution in [0.5, 0.6) is 5.75 Å². The number of amides is 2. The quantitative estimate of drug-likeness (QED) is 0.648. The van der Waals surface area contributed by atoms with Gasteiger partial charge in [0.05, 0.1) is 13.2 Å². The van der Waals surface area contributed by atoms with Crippen molar-refractivity contribution in [3.05, 3.63) is 64.7 Å². The van der Waals surface area contributed by atoms with Crippen molar-refractivity contribution in [3.63, 3.8) is 0 Å². The lowest BCUT2D eigenvalue weighted by atomic mass is 10.0. The van der Waals surface area contributed by atoms with Gasteiger partial charge < -0.3 is 20.5 Å². The predicted octanol–water partition coefficient (Wildman–Crippen LogP) is 2.37. The summed E-state index contributed by atoms with van der Waals surface area (Å²) in [5, 5.41) is 14.4. The standard InChI is InChI=1S/C21H24N2O5/c1-4-28-17-9-7-15(8-10-17)20(25)22-12-18(24)23-19(21(26)27)16-6-5-13(2)14(3)11-16/h5-11,19H,4,12H2,1-3H3,(H,22,25)(H,23,24)(H,26,27). The maximum absolute atomic E-state index is 12.1. The Hall–Kier alpha value is -3.35. The van der Waals surface area contributed by atoms with Gasteiger partial charge in [-0.25, -0.2) is 4.79 Å². The van der Waals surface area contributed by atoms with E-state index in [-0.39, 0.29) is 6.54 Å². The molecule has 3 N–H and O–H groups in total. The molecule has 28 heavy (non-hydrogen) atoms. The maximum atomic E-state index is 12.1. The Balaban J connectivity index is 1.96. The Bertz CT molecular complexity index is 862. The maximum Gasteiger partial charge on any atom is 0.330 e. The summed E-state index contributed by atoms with van der Waals surface area (Å²) in [7, 11) is 0. The van der Waals surface area contributed by atoms with Crippen LogP contribution in [-0.4, -0.2) is 36.0 Å². The lowest BCUT2D eigenvalue weighted by molar-refractivity contribution is -0.141. The monoisotopic (exact) mass is 384 g/mol. The molecule has 2 aromatic rings. The molecule has 0 bridgehead atoms. The molecule has 1 unspecified atom stereocenters. The summed E-state index contributed by atoms with van der Waals surface area (Å²) < 4.78 is 5.31. The van der Waals surface area contributed by atoms with Gasteiger partial charge >= 0.3 is 5.97 Å². The minimum Gasteiger partial charge on any atom is -0.494 e. The minimum absolute atomic E-state index is 0.333. The Labute approximate surface area is 163 Å². The van der Waals surface area contributed by atoms with Crippen LogP contribution < -0.4 is 15.4 Å². The van der Waals surface area contributed by atoms with Crippen LogP contribution in [0, 0.1) is 13.8 Å². The van der Waals surface area contributed by atoms with Crippen LogP contribution in [0.1, 0.15) is 40.0 Å². The number of ether oxygens (including phenoxy) is 1. The first-order valence-corrected chi connectivity index (χ1v) is 8.92. The molecule has 2 amide bonds. The van der Waals surface area contributed by atoms with E-state index in [1.807, 2.05) is 20.8 Å². The molecule has 7 heteroatoms. The van der Waals surface area contributed by atoms with Crippen LogP contribution in [-0.2, 0) is 9.59 Å². The summed E-state index contributed by atoms with van der Waals surface area (Å²) in [5.41, 5.74) is 2.81. The summed E-state index contributed by atoms with van der Waals surface area (Å²) in [6, 6.07) is 10.5. The highest BCUT2D eigenvalue weighted by Crippen LogP contribution is 2.17. The van der Waals surface area contributed by atoms with E-state index in [1.54, 1.807) is 42.5 Å². The highest BCUT2D eigenvalue weighted by atomic mass is 16.5. The smallest absolute Gasteiger partial charge is 0.330 e. The van der Waals surface area contributed by atoms with Gasteiger partial charge in [-0.05, 0) is 61.7 Å². The molecule has 0 heterocycles. The fraction of sp³-hybridized carbons (Fsp3) is 0.286. The van der Waals surface area contributed by atoms with E-state index in [4.69, 9.17) is 4.74 Å². The van der Waals surface area contributed by atoms with E-state index < -0.39 is 23.8 Å². The number of aliphatic carboxylic acids is 1. The molecule has 0 radical (unpaired) electrons. The van der Waals surface area contributed by atoms with Crippen LogP contribution in [0.15, 0.2) is 42.5 Å². The highest BCUT2D eigenvalue weighted by Gasteiger charge is 2.22. The molecule has 0 aromatic heterocycles. The average molecular weight is 384 g/mol. The van der Waals surface area contributed by atoms with Gasteiger partial charge in [-0.3, -0.25) is 9.59 Å². The van der Waals surface area contributed by atoms with Crippen molar-refractivity contribution in [2.75, 3.05) is 13.2 Å². The fourth-order valence-electron chi connectivity index (χ4n) is 2.58. The van der Waals surface area contributed by atoms with E-state index in [2.05, 4.69) is 10.6 Å². The number of benzene rings is 2. The van der Waals surface area contributed by atoms with Crippen molar-refractivity contribution >= 4 is 17.8 Å². The summed E-state index contributed by atoms with van der Waals surface area (Å²) in [6.45, 7) is 5.85. The third kappa shape index (κ3) is 5.57. The Morgan fingerprint density at radius 1 is 1.04 bits per heavy atom. The zero-order valence-corrected chi connectivity index (χ0v) is 16.1. The first-order valence-electron chi connectivity index (χ1n) is 8.92. The van der Waals surface area contributed by atoms with Gasteiger partial charge in [0.25, 0.3) is 5.91 Å². The third-order valence-corrected chi connectivity index (χ3v) is 4.25. The minimum atomic E-state index is -1.19. The second-order valence-electron chi connectivity index (χ2n) is 6.32. The Morgan fingerprint density at radius 2 is 1.71 bits per heavy atom. The lowest BCUT2D eigenvalue weighted by Gasteiger charge is -2.16. The van der Waals surface area contributed by atoms with Gasteiger partial charge in [0.1, 0.15) is 5.75 Å². The van der Waals surface area contributed by atoms with Gasteiger partial charge in [-0.2, -0.15) is 0 Å². The van der Waals surface area contributed by atoms with E-state index in [0.29, 0.717) is 23.5 Å². The molecule has 0 spiro atoms. The van der Waals surface area contributed by atoms with E-state index >= 15 is 0 Å². The molecule has 0 saturated carbocycles. The Kier molecular flexibility index (Phi) is 7.14. The lowest BCUT2D eigenvalue weighted by Crippen LogP contribution is -2.41. The van der Waals surface area contributed by atoms with Crippen molar-refractivity contribution in [2.45, 2.75) is 26.8 Å². The number of hydrogen-bond acceptors (Lipinski definition) is 4. The number of nitrogens with one attached hydrogen (secondary N) is 2. The van der Waals surface area contributed by atoms with Gasteiger partial charge in [0, 0.05) is 5.56 Å². The van der Waals surface area contributed by atoms with E-state index in [1.165, 1.54) is 0 Å². The molecule has 1 atom stereocenters. The topological polar surface area (TPSA) is 105 Å². The van der Waals surface area contributed by atoms with Crippen molar-refractivity contribution in [1.29, 1.82) is 0 Å².